The van der Waals surface area contributed by atoms with Crippen molar-refractivity contribution in [2.75, 3.05) is 0 Å². The molecule has 1 heterocycles. The van der Waals surface area contributed by atoms with Crippen molar-refractivity contribution >= 4 is 17.1 Å². The number of H-pyrrole nitrogens is 1. The number of hydrogen-bond acceptors (Lipinski definition) is 3. The third-order valence-corrected chi connectivity index (χ3v) is 3.40. The molecule has 0 saturated heterocycles. The van der Waals surface area contributed by atoms with Crippen molar-refractivity contribution in [2.24, 2.45) is 0 Å². The van der Waals surface area contributed by atoms with E-state index in [-0.39, 0.29) is 0 Å². The molecule has 112 valence electrons. The van der Waals surface area contributed by atoms with Crippen LogP contribution < -0.4 is 5.32 Å². The highest BCUT2D eigenvalue weighted by Crippen LogP contribution is 2.40. The summed E-state index contributed by atoms with van der Waals surface area (Å²) in [6.07, 6.45) is 2.14. The molecule has 1 saturated carbocycles. The normalized spacial score (nSPS) is 15.2. The van der Waals surface area contributed by atoms with E-state index >= 15 is 0 Å². The highest BCUT2D eigenvalue weighted by Gasteiger charge is 2.23. The van der Waals surface area contributed by atoms with E-state index in [2.05, 4.69) is 27.4 Å². The van der Waals surface area contributed by atoms with E-state index in [1.165, 1.54) is 18.4 Å². The Kier molecular flexibility index (Phi) is 3.35. The molecule has 0 radical (unpaired) electrons. The number of nitrogens with one attached hydrogen (secondary N) is 2. The first-order valence-corrected chi connectivity index (χ1v) is 7.36. The molecule has 0 bridgehead atoms. The van der Waals surface area contributed by atoms with E-state index in [1.54, 1.807) is 0 Å². The Balaban J connectivity index is 1.65. The van der Waals surface area contributed by atoms with Gasteiger partial charge in [0.1, 0.15) is 11.4 Å². The van der Waals surface area contributed by atoms with Crippen LogP contribution in [0, 0.1) is 0 Å². The van der Waals surface area contributed by atoms with Gasteiger partial charge in [0.15, 0.2) is 0 Å². The SMILES string of the molecule is CC(C)(C)OC(=O)NCc1nc2ccc(C3CC3)cc2[nH]1. The largest absolute Gasteiger partial charge is 0.444 e. The van der Waals surface area contributed by atoms with Crippen LogP contribution in [-0.2, 0) is 11.3 Å². The number of carbonyl (C=O) groups is 1. The number of carbonyl (C=O) groups excluding carboxylic acids is 1. The number of aromatic nitrogens is 2. The van der Waals surface area contributed by atoms with Crippen molar-refractivity contribution < 1.29 is 9.53 Å². The first-order chi connectivity index (χ1) is 9.90. The molecule has 1 fully saturated rings. The lowest BCUT2D eigenvalue weighted by atomic mass is 10.1. The van der Waals surface area contributed by atoms with Gasteiger partial charge in [-0.2, -0.15) is 0 Å². The molecule has 1 aliphatic carbocycles. The lowest BCUT2D eigenvalue weighted by Gasteiger charge is -2.19. The predicted octanol–water partition coefficient (Wildman–Crippen LogP) is 3.47. The Labute approximate surface area is 124 Å². The quantitative estimate of drug-likeness (QED) is 0.908. The third-order valence-electron chi connectivity index (χ3n) is 3.40. The van der Waals surface area contributed by atoms with E-state index in [4.69, 9.17) is 4.74 Å². The molecular formula is C16H21N3O2. The molecule has 0 spiro atoms. The van der Waals surface area contributed by atoms with Crippen molar-refractivity contribution in [3.05, 3.63) is 29.6 Å². The maximum absolute atomic E-state index is 11.6. The van der Waals surface area contributed by atoms with Crippen LogP contribution in [0.15, 0.2) is 18.2 Å². The molecule has 0 aliphatic heterocycles. The molecule has 1 aromatic heterocycles. The zero-order chi connectivity index (χ0) is 15.0. The minimum Gasteiger partial charge on any atom is -0.444 e. The van der Waals surface area contributed by atoms with E-state index in [9.17, 15) is 4.79 Å². The summed E-state index contributed by atoms with van der Waals surface area (Å²) in [5, 5.41) is 2.71. The van der Waals surface area contributed by atoms with Crippen LogP contribution in [0.2, 0.25) is 0 Å². The van der Waals surface area contributed by atoms with Gasteiger partial charge in [-0.3, -0.25) is 0 Å². The number of hydrogen-bond donors (Lipinski definition) is 2. The molecular weight excluding hydrogens is 266 g/mol. The summed E-state index contributed by atoms with van der Waals surface area (Å²) in [5.41, 5.74) is 2.84. The lowest BCUT2D eigenvalue weighted by molar-refractivity contribution is 0.0522. The van der Waals surface area contributed by atoms with Crippen LogP contribution in [0.3, 0.4) is 0 Å². The maximum Gasteiger partial charge on any atom is 0.408 e. The third kappa shape index (κ3) is 3.54. The summed E-state index contributed by atoms with van der Waals surface area (Å²) in [6.45, 7) is 5.86. The number of imidazole rings is 1. The summed E-state index contributed by atoms with van der Waals surface area (Å²) in [5.74, 6) is 1.46. The number of nitrogens with zero attached hydrogens (tertiary/aromatic N) is 1. The van der Waals surface area contributed by atoms with E-state index in [0.717, 1.165) is 22.8 Å². The molecule has 3 rings (SSSR count). The molecule has 1 amide bonds. The second-order valence-corrected chi connectivity index (χ2v) is 6.59. The van der Waals surface area contributed by atoms with Crippen molar-refractivity contribution in [1.82, 2.24) is 15.3 Å². The zero-order valence-corrected chi connectivity index (χ0v) is 12.7. The van der Waals surface area contributed by atoms with E-state index < -0.39 is 11.7 Å². The molecule has 0 unspecified atom stereocenters. The number of fused-ring (bicyclic) bond motifs is 1. The smallest absolute Gasteiger partial charge is 0.408 e. The van der Waals surface area contributed by atoms with Crippen LogP contribution >= 0.6 is 0 Å². The lowest BCUT2D eigenvalue weighted by Crippen LogP contribution is -2.32. The molecule has 5 nitrogen and oxygen atoms in total. The Morgan fingerprint density at radius 1 is 1.43 bits per heavy atom. The fraction of sp³-hybridized carbons (Fsp3) is 0.500. The van der Waals surface area contributed by atoms with Crippen LogP contribution in [0.25, 0.3) is 11.0 Å². The van der Waals surface area contributed by atoms with Crippen molar-refractivity contribution in [3.8, 4) is 0 Å². The van der Waals surface area contributed by atoms with Crippen molar-refractivity contribution in [1.29, 1.82) is 0 Å². The summed E-state index contributed by atoms with van der Waals surface area (Å²) in [6, 6.07) is 6.35. The van der Waals surface area contributed by atoms with Gasteiger partial charge >= 0.3 is 6.09 Å². The summed E-state index contributed by atoms with van der Waals surface area (Å²) in [4.78, 5) is 19.4. The second kappa shape index (κ2) is 5.06. The van der Waals surface area contributed by atoms with Gasteiger partial charge in [-0.25, -0.2) is 9.78 Å². The minimum absolute atomic E-state index is 0.336. The van der Waals surface area contributed by atoms with Crippen LogP contribution in [0.5, 0.6) is 0 Å². The molecule has 0 atom stereocenters. The predicted molar refractivity (Wildman–Crippen MR) is 81.1 cm³/mol. The van der Waals surface area contributed by atoms with Crippen LogP contribution in [0.1, 0.15) is 50.9 Å². The Hall–Kier alpha value is -2.04. The summed E-state index contributed by atoms with van der Waals surface area (Å²) in [7, 11) is 0. The van der Waals surface area contributed by atoms with Gasteiger partial charge < -0.3 is 15.0 Å². The van der Waals surface area contributed by atoms with E-state index in [1.807, 2.05) is 26.8 Å². The summed E-state index contributed by atoms with van der Waals surface area (Å²) < 4.78 is 5.20. The fourth-order valence-corrected chi connectivity index (χ4v) is 2.30. The minimum atomic E-state index is -0.489. The second-order valence-electron chi connectivity index (χ2n) is 6.59. The molecule has 21 heavy (non-hydrogen) atoms. The van der Waals surface area contributed by atoms with Crippen LogP contribution in [0.4, 0.5) is 4.79 Å². The number of aromatic amines is 1. The average Bonchev–Trinajstić information content (AvgIpc) is 3.14. The number of alkyl carbamates (subject to hydrolysis) is 1. The van der Waals surface area contributed by atoms with E-state index in [0.29, 0.717) is 6.54 Å². The molecule has 1 aliphatic rings. The van der Waals surface area contributed by atoms with Gasteiger partial charge in [0.25, 0.3) is 0 Å². The molecule has 5 heteroatoms. The highest BCUT2D eigenvalue weighted by molar-refractivity contribution is 5.76. The van der Waals surface area contributed by atoms with Crippen molar-refractivity contribution in [2.45, 2.75) is 51.7 Å². The van der Waals surface area contributed by atoms with Gasteiger partial charge in [-0.1, -0.05) is 6.07 Å². The number of amides is 1. The van der Waals surface area contributed by atoms with Gasteiger partial charge in [-0.05, 0) is 57.2 Å². The number of benzene rings is 1. The Morgan fingerprint density at radius 3 is 2.86 bits per heavy atom. The van der Waals surface area contributed by atoms with Crippen molar-refractivity contribution in [3.63, 3.8) is 0 Å². The topological polar surface area (TPSA) is 67.0 Å². The average molecular weight is 287 g/mol. The Morgan fingerprint density at radius 2 is 2.19 bits per heavy atom. The monoisotopic (exact) mass is 287 g/mol. The Bertz CT molecular complexity index is 666. The number of ether oxygens (including phenoxy) is 1. The standard InChI is InChI=1S/C16H21N3O2/c1-16(2,3)21-15(20)17-9-14-18-12-7-6-11(10-4-5-10)8-13(12)19-14/h6-8,10H,4-5,9H2,1-3H3,(H,17,20)(H,18,19). The molecule has 2 aromatic rings. The van der Waals surface area contributed by atoms with Gasteiger partial charge in [0.2, 0.25) is 0 Å². The summed E-state index contributed by atoms with van der Waals surface area (Å²) >= 11 is 0. The molecule has 1 aromatic carbocycles. The first-order valence-electron chi connectivity index (χ1n) is 7.36. The highest BCUT2D eigenvalue weighted by atomic mass is 16.6. The van der Waals surface area contributed by atoms with Crippen LogP contribution in [-0.4, -0.2) is 21.7 Å². The van der Waals surface area contributed by atoms with Gasteiger partial charge in [0.05, 0.1) is 17.6 Å². The fourth-order valence-electron chi connectivity index (χ4n) is 2.30. The van der Waals surface area contributed by atoms with Gasteiger partial charge in [0, 0.05) is 0 Å². The number of rotatable bonds is 3. The molecule has 2 N–H and O–H groups in total. The zero-order valence-electron chi connectivity index (χ0n) is 12.7. The maximum atomic E-state index is 11.6. The van der Waals surface area contributed by atoms with Gasteiger partial charge in [-0.15, -0.1) is 0 Å². The first kappa shape index (κ1) is 13.9.